The summed E-state index contributed by atoms with van der Waals surface area (Å²) in [7, 11) is 0. The highest BCUT2D eigenvalue weighted by atomic mass is 16.6. The minimum atomic E-state index is -0.562. The van der Waals surface area contributed by atoms with Crippen LogP contribution in [0, 0.1) is 0 Å². The van der Waals surface area contributed by atoms with Gasteiger partial charge < -0.3 is 4.74 Å². The van der Waals surface area contributed by atoms with E-state index in [1.165, 1.54) is 41.5 Å². The maximum absolute atomic E-state index is 10.3. The minimum Gasteiger partial charge on any atom is -0.394 e. The molecular formula is C25H62O7. The number of Topliss-reactive ketones (excluding diaryl/α,β-unsaturated/α-hetero) is 4. The molecule has 0 heterocycles. The van der Waals surface area contributed by atoms with Gasteiger partial charge >= 0.3 is 11.9 Å². The molecule has 0 aliphatic heterocycles. The lowest BCUT2D eigenvalue weighted by Gasteiger charge is -1.88. The Morgan fingerprint density at radius 1 is 0.500 bits per heavy atom. The predicted molar refractivity (Wildman–Crippen MR) is 146 cm³/mol. The number of carbonyl (C=O) groups is 6. The molecule has 7 heteroatoms. The number of ether oxygens (including phenoxy) is 1. The summed E-state index contributed by atoms with van der Waals surface area (Å²) in [5.74, 6) is -1.75. The largest absolute Gasteiger partial charge is 0.394 e. The summed E-state index contributed by atoms with van der Waals surface area (Å²) in [6.45, 7) is 11.1. The molecule has 0 atom stereocenters. The summed E-state index contributed by atoms with van der Waals surface area (Å²) in [5, 5.41) is 0. The molecule has 0 saturated heterocycles. The van der Waals surface area contributed by atoms with Gasteiger partial charge in [-0.25, -0.2) is 0 Å². The molecule has 0 unspecified atom stereocenters. The summed E-state index contributed by atoms with van der Waals surface area (Å²) < 4.78 is 3.97. The molecule has 0 aliphatic carbocycles. The van der Waals surface area contributed by atoms with Crippen molar-refractivity contribution in [2.75, 3.05) is 0 Å². The maximum Gasteiger partial charge on any atom is 0.310 e. The summed E-state index contributed by atoms with van der Waals surface area (Å²) >= 11 is 0. The first kappa shape index (κ1) is 87.9. The zero-order valence-corrected chi connectivity index (χ0v) is 13.8. The molecule has 0 saturated carbocycles. The van der Waals surface area contributed by atoms with Crippen molar-refractivity contribution in [3.05, 3.63) is 12.2 Å². The molecule has 0 rings (SSSR count). The second-order valence-electron chi connectivity index (χ2n) is 4.26. The average molecular weight is 475 g/mol. The predicted octanol–water partition coefficient (Wildman–Crippen LogP) is 7.73. The third-order valence-electron chi connectivity index (χ3n) is 1.64. The van der Waals surface area contributed by atoms with Crippen molar-refractivity contribution < 1.29 is 33.5 Å². The van der Waals surface area contributed by atoms with Gasteiger partial charge in [-0.1, -0.05) is 80.8 Å². The van der Waals surface area contributed by atoms with Gasteiger partial charge in [0.1, 0.15) is 11.6 Å². The van der Waals surface area contributed by atoms with Gasteiger partial charge in [0.15, 0.2) is 11.6 Å². The normalized spacial score (nSPS) is 5.56. The fourth-order valence-electron chi connectivity index (χ4n) is 0.801. The molecule has 0 aliphatic rings. The monoisotopic (exact) mass is 474 g/mol. The molecule has 0 amide bonds. The third-order valence-corrected chi connectivity index (χ3v) is 1.64. The van der Waals surface area contributed by atoms with Crippen molar-refractivity contribution in [2.45, 2.75) is 122 Å². The molecule has 7 nitrogen and oxygen atoms in total. The van der Waals surface area contributed by atoms with Gasteiger partial charge in [0.25, 0.3) is 0 Å². The molecular weight excluding hydrogens is 412 g/mol. The van der Waals surface area contributed by atoms with Crippen molar-refractivity contribution in [1.29, 1.82) is 0 Å². The standard InChI is InChI=1S/C6H8O2.C5H8O2.C4H6O3.10CH4/c1-4(5(2)7)6(3)8;1-4(6)3-5(2)7;1-3(5)7-4(2)6;;;;;;;;;;/h1H2,2-3H3;3H2,1-2H3;1-2H3;10*1H4. The van der Waals surface area contributed by atoms with E-state index in [9.17, 15) is 28.8 Å². The summed E-state index contributed by atoms with van der Waals surface area (Å²) in [4.78, 5) is 60.2. The van der Waals surface area contributed by atoms with E-state index < -0.39 is 11.9 Å². The Kier molecular flexibility index (Phi) is 141. The number of ketones is 4. The van der Waals surface area contributed by atoms with Gasteiger partial charge in [-0.15, -0.1) is 0 Å². The highest BCUT2D eigenvalue weighted by Crippen LogP contribution is 1.91. The van der Waals surface area contributed by atoms with Crippen molar-refractivity contribution >= 4 is 35.1 Å². The number of esters is 2. The zero-order valence-electron chi connectivity index (χ0n) is 13.8. The lowest BCUT2D eigenvalue weighted by Crippen LogP contribution is -2.03. The van der Waals surface area contributed by atoms with Gasteiger partial charge in [-0.2, -0.15) is 0 Å². The Hall–Kier alpha value is -2.44. The lowest BCUT2D eigenvalue weighted by atomic mass is 10.1. The van der Waals surface area contributed by atoms with Crippen LogP contribution in [0.4, 0.5) is 0 Å². The van der Waals surface area contributed by atoms with Gasteiger partial charge in [-0.05, 0) is 27.7 Å². The number of hydrogen-bond donors (Lipinski definition) is 0. The van der Waals surface area contributed by atoms with Crippen molar-refractivity contribution in [3.8, 4) is 0 Å². The molecule has 0 fully saturated rings. The minimum absolute atomic E-state index is 0. The SMILES string of the molecule is C.C.C.C.C.C.C.C.C.C.C=C(C(C)=O)C(C)=O.CC(=O)CC(C)=O.CC(=O)OC(C)=O. The highest BCUT2D eigenvalue weighted by Gasteiger charge is 2.03. The topological polar surface area (TPSA) is 112 Å². The van der Waals surface area contributed by atoms with E-state index in [-0.39, 0.29) is 109 Å². The van der Waals surface area contributed by atoms with Crippen molar-refractivity contribution in [3.63, 3.8) is 0 Å². The van der Waals surface area contributed by atoms with Crippen molar-refractivity contribution in [2.24, 2.45) is 0 Å². The molecule has 0 aromatic rings. The van der Waals surface area contributed by atoms with Crippen LogP contribution in [0.3, 0.4) is 0 Å². The Labute approximate surface area is 203 Å². The van der Waals surface area contributed by atoms with E-state index in [0.29, 0.717) is 0 Å². The molecule has 0 radical (unpaired) electrons. The zero-order chi connectivity index (χ0) is 18.5. The van der Waals surface area contributed by atoms with E-state index in [2.05, 4.69) is 11.3 Å². The lowest BCUT2D eigenvalue weighted by molar-refractivity contribution is -0.156. The first-order chi connectivity index (χ1) is 9.81. The van der Waals surface area contributed by atoms with Gasteiger partial charge in [0.05, 0.1) is 12.0 Å². The second kappa shape index (κ2) is 51.3. The average Bonchev–Trinajstić information content (AvgIpc) is 2.25. The Bertz CT molecular complexity index is 411. The van der Waals surface area contributed by atoms with Crippen LogP contribution in [0.5, 0.6) is 0 Å². The quantitative estimate of drug-likeness (QED) is 0.177. The van der Waals surface area contributed by atoms with Gasteiger partial charge in [0, 0.05) is 13.8 Å². The molecule has 0 N–H and O–H groups in total. The van der Waals surface area contributed by atoms with E-state index in [4.69, 9.17) is 0 Å². The number of carbonyl (C=O) groups excluding carboxylic acids is 6. The van der Waals surface area contributed by atoms with Crippen LogP contribution in [0.1, 0.15) is 122 Å². The van der Waals surface area contributed by atoms with Gasteiger partial charge in [0.2, 0.25) is 0 Å². The van der Waals surface area contributed by atoms with Crippen LogP contribution in [0.15, 0.2) is 12.2 Å². The van der Waals surface area contributed by atoms with E-state index in [0.717, 1.165) is 0 Å². The first-order valence-corrected chi connectivity index (χ1v) is 6.19. The van der Waals surface area contributed by atoms with E-state index in [1.807, 2.05) is 0 Å². The summed E-state index contributed by atoms with van der Waals surface area (Å²) in [6, 6.07) is 0. The Balaban J connectivity index is -0.0000000133. The molecule has 204 valence electrons. The van der Waals surface area contributed by atoms with Gasteiger partial charge in [-0.3, -0.25) is 28.8 Å². The molecule has 0 aromatic heterocycles. The fourth-order valence-corrected chi connectivity index (χ4v) is 0.801. The molecule has 0 spiro atoms. The van der Waals surface area contributed by atoms with E-state index >= 15 is 0 Å². The van der Waals surface area contributed by atoms with Crippen LogP contribution < -0.4 is 0 Å². The van der Waals surface area contributed by atoms with Crippen molar-refractivity contribution in [1.82, 2.24) is 0 Å². The molecule has 0 aromatic carbocycles. The maximum atomic E-state index is 10.3. The van der Waals surface area contributed by atoms with Crippen LogP contribution >= 0.6 is 0 Å². The van der Waals surface area contributed by atoms with Crippen LogP contribution in [-0.2, 0) is 33.5 Å². The Morgan fingerprint density at radius 2 is 0.688 bits per heavy atom. The third kappa shape index (κ3) is 106. The van der Waals surface area contributed by atoms with Crippen LogP contribution in [0.2, 0.25) is 0 Å². The Morgan fingerprint density at radius 3 is 0.688 bits per heavy atom. The highest BCUT2D eigenvalue weighted by molar-refractivity contribution is 6.17. The molecule has 0 bridgehead atoms. The van der Waals surface area contributed by atoms with E-state index in [1.54, 1.807) is 0 Å². The molecule has 32 heavy (non-hydrogen) atoms. The number of rotatable bonds is 4. The van der Waals surface area contributed by atoms with Crippen LogP contribution in [0.25, 0.3) is 0 Å². The number of hydrogen-bond acceptors (Lipinski definition) is 7. The summed E-state index contributed by atoms with van der Waals surface area (Å²) in [6.07, 6.45) is 0.0833. The first-order valence-electron chi connectivity index (χ1n) is 6.19. The number of allylic oxidation sites excluding steroid dienone is 1. The summed E-state index contributed by atoms with van der Waals surface area (Å²) in [5.41, 5.74) is 0.0741. The second-order valence-corrected chi connectivity index (χ2v) is 4.26. The smallest absolute Gasteiger partial charge is 0.310 e. The van der Waals surface area contributed by atoms with Crippen LogP contribution in [-0.4, -0.2) is 35.1 Å². The fraction of sp³-hybridized carbons (Fsp3) is 0.680.